The lowest BCUT2D eigenvalue weighted by molar-refractivity contribution is -0.142. The number of nitrogens with zero attached hydrogens (tertiary/aromatic N) is 1. The molecule has 1 N–H and O–H groups in total. The van der Waals surface area contributed by atoms with Gasteiger partial charge in [0.25, 0.3) is 5.91 Å². The summed E-state index contributed by atoms with van der Waals surface area (Å²) in [6, 6.07) is 22.5. The van der Waals surface area contributed by atoms with Crippen molar-refractivity contribution < 1.29 is 14.3 Å². The Morgan fingerprint density at radius 2 is 1.72 bits per heavy atom. The molecule has 0 spiro atoms. The van der Waals surface area contributed by atoms with Crippen LogP contribution in [0.1, 0.15) is 36.5 Å². The summed E-state index contributed by atoms with van der Waals surface area (Å²) in [6.45, 7) is 4.75. The number of unbranched alkanes of at least 4 members (excludes halogenated alkanes) is 1. The number of halogens is 2. The van der Waals surface area contributed by atoms with E-state index < -0.39 is 6.04 Å². The number of hydrogen-bond donors (Lipinski definition) is 1. The van der Waals surface area contributed by atoms with Crippen molar-refractivity contribution in [2.75, 3.05) is 13.2 Å². The highest BCUT2D eigenvalue weighted by Crippen LogP contribution is 2.22. The number of nitrogens with one attached hydrogen (secondary N) is 1. The highest BCUT2D eigenvalue weighted by atomic mass is 79.9. The van der Waals surface area contributed by atoms with Crippen LogP contribution in [0.2, 0.25) is 0 Å². The first kappa shape index (κ1) is 27.9. The monoisotopic (exact) mass is 614 g/mol. The fourth-order valence-corrected chi connectivity index (χ4v) is 4.52. The topological polar surface area (TPSA) is 58.6 Å². The van der Waals surface area contributed by atoms with Crippen LogP contribution >= 0.6 is 31.9 Å². The molecule has 36 heavy (non-hydrogen) atoms. The molecule has 0 bridgehead atoms. The third-order valence-corrected chi connectivity index (χ3v) is 7.22. The Bertz CT molecular complexity index is 1150. The quantitative estimate of drug-likeness (QED) is 0.238. The Morgan fingerprint density at radius 3 is 2.42 bits per heavy atom. The molecule has 7 heteroatoms. The van der Waals surface area contributed by atoms with Gasteiger partial charge in [0.1, 0.15) is 11.8 Å². The number of amides is 2. The van der Waals surface area contributed by atoms with Gasteiger partial charge in [-0.2, -0.15) is 0 Å². The molecule has 0 aliphatic rings. The molecule has 3 rings (SSSR count). The minimum atomic E-state index is -0.675. The number of carbonyl (C=O) groups excluding carboxylic acids is 2. The molecule has 0 aliphatic heterocycles. The van der Waals surface area contributed by atoms with E-state index in [1.54, 1.807) is 4.90 Å². The minimum absolute atomic E-state index is 0.157. The van der Waals surface area contributed by atoms with E-state index in [2.05, 4.69) is 44.1 Å². The third-order valence-electron chi connectivity index (χ3n) is 5.83. The van der Waals surface area contributed by atoms with Crippen molar-refractivity contribution in [1.29, 1.82) is 0 Å². The second-order valence-corrected chi connectivity index (χ2v) is 10.5. The lowest BCUT2D eigenvalue weighted by Gasteiger charge is -2.31. The van der Waals surface area contributed by atoms with Crippen molar-refractivity contribution >= 4 is 43.7 Å². The maximum absolute atomic E-state index is 13.6. The molecule has 2 amide bonds. The number of hydrogen-bond acceptors (Lipinski definition) is 3. The van der Waals surface area contributed by atoms with Crippen LogP contribution in [-0.4, -0.2) is 35.9 Å². The number of ether oxygens (including phenoxy) is 1. The third kappa shape index (κ3) is 8.49. The van der Waals surface area contributed by atoms with Crippen molar-refractivity contribution in [3.8, 4) is 5.75 Å². The van der Waals surface area contributed by atoms with Crippen LogP contribution in [0.5, 0.6) is 5.75 Å². The van der Waals surface area contributed by atoms with Gasteiger partial charge >= 0.3 is 0 Å². The molecule has 0 unspecified atom stereocenters. The van der Waals surface area contributed by atoms with Gasteiger partial charge in [-0.3, -0.25) is 9.59 Å². The first-order valence-corrected chi connectivity index (χ1v) is 13.7. The second kappa shape index (κ2) is 14.2. The van der Waals surface area contributed by atoms with Crippen molar-refractivity contribution in [3.05, 3.63) is 98.4 Å². The molecule has 1 atom stereocenters. The van der Waals surface area contributed by atoms with Crippen molar-refractivity contribution in [3.63, 3.8) is 0 Å². The SMILES string of the molecule is CCCCNC(=O)[C@@H](Cc1ccccc1)N(Cc1cccc(Br)c1)C(=O)COc1ccc(Br)c(C)c1. The average molecular weight is 616 g/mol. The smallest absolute Gasteiger partial charge is 0.261 e. The van der Waals surface area contributed by atoms with Crippen molar-refractivity contribution in [1.82, 2.24) is 10.2 Å². The fourth-order valence-electron chi connectivity index (χ4n) is 3.83. The van der Waals surface area contributed by atoms with E-state index in [9.17, 15) is 9.59 Å². The maximum atomic E-state index is 13.6. The second-order valence-electron chi connectivity index (χ2n) is 8.70. The zero-order valence-electron chi connectivity index (χ0n) is 20.7. The molecule has 5 nitrogen and oxygen atoms in total. The van der Waals surface area contributed by atoms with E-state index in [1.165, 1.54) is 0 Å². The van der Waals surface area contributed by atoms with Gasteiger partial charge in [0.05, 0.1) is 0 Å². The first-order chi connectivity index (χ1) is 17.4. The summed E-state index contributed by atoms with van der Waals surface area (Å²) in [5.41, 5.74) is 2.93. The molecular formula is C29H32Br2N2O3. The summed E-state index contributed by atoms with van der Waals surface area (Å²) in [6.07, 6.45) is 2.27. The van der Waals surface area contributed by atoms with Crippen LogP contribution in [-0.2, 0) is 22.6 Å². The molecule has 190 valence electrons. The largest absolute Gasteiger partial charge is 0.484 e. The van der Waals surface area contributed by atoms with Crippen LogP contribution in [0.25, 0.3) is 0 Å². The number of benzene rings is 3. The molecule has 3 aromatic carbocycles. The highest BCUT2D eigenvalue weighted by Gasteiger charge is 2.30. The number of aryl methyl sites for hydroxylation is 1. The van der Waals surface area contributed by atoms with Gasteiger partial charge in [-0.15, -0.1) is 0 Å². The number of carbonyl (C=O) groups is 2. The van der Waals surface area contributed by atoms with Gasteiger partial charge in [0.2, 0.25) is 5.91 Å². The lowest BCUT2D eigenvalue weighted by atomic mass is 10.0. The van der Waals surface area contributed by atoms with Gasteiger partial charge in [-0.25, -0.2) is 0 Å². The normalized spacial score (nSPS) is 11.6. The Kier molecular flexibility index (Phi) is 11.0. The lowest BCUT2D eigenvalue weighted by Crippen LogP contribution is -2.51. The standard InChI is InChI=1S/C29H32Br2N2O3/c1-3-4-15-32-29(35)27(18-22-9-6-5-7-10-22)33(19-23-11-8-12-24(30)17-23)28(34)20-36-25-13-14-26(31)21(2)16-25/h5-14,16-17,27H,3-4,15,18-20H2,1-2H3,(H,32,35)/t27-/m1/s1. The van der Waals surface area contributed by atoms with Crippen LogP contribution < -0.4 is 10.1 Å². The predicted molar refractivity (Wildman–Crippen MR) is 151 cm³/mol. The summed E-state index contributed by atoms with van der Waals surface area (Å²) >= 11 is 7.00. The van der Waals surface area contributed by atoms with Crippen LogP contribution in [0.3, 0.4) is 0 Å². The number of rotatable bonds is 12. The summed E-state index contributed by atoms with van der Waals surface area (Å²) in [4.78, 5) is 28.7. The van der Waals surface area contributed by atoms with E-state index in [0.717, 1.165) is 38.5 Å². The van der Waals surface area contributed by atoms with Gasteiger partial charge in [0, 0.05) is 28.5 Å². The van der Waals surface area contributed by atoms with E-state index in [4.69, 9.17) is 4.74 Å². The van der Waals surface area contributed by atoms with Gasteiger partial charge < -0.3 is 15.0 Å². The molecule has 0 aliphatic carbocycles. The minimum Gasteiger partial charge on any atom is -0.484 e. The molecule has 0 radical (unpaired) electrons. The van der Waals surface area contributed by atoms with Crippen LogP contribution in [0.4, 0.5) is 0 Å². The molecular weight excluding hydrogens is 584 g/mol. The van der Waals surface area contributed by atoms with Crippen LogP contribution in [0, 0.1) is 6.92 Å². The van der Waals surface area contributed by atoms with Crippen molar-refractivity contribution in [2.45, 2.75) is 45.7 Å². The zero-order valence-corrected chi connectivity index (χ0v) is 23.8. The summed E-state index contributed by atoms with van der Waals surface area (Å²) in [5, 5.41) is 3.04. The first-order valence-electron chi connectivity index (χ1n) is 12.1. The Labute approximate surface area is 230 Å². The summed E-state index contributed by atoms with van der Waals surface area (Å²) in [7, 11) is 0. The molecule has 3 aromatic rings. The molecule has 0 saturated heterocycles. The zero-order chi connectivity index (χ0) is 25.9. The van der Waals surface area contributed by atoms with E-state index in [0.29, 0.717) is 25.3 Å². The molecule has 0 heterocycles. The van der Waals surface area contributed by atoms with Gasteiger partial charge in [-0.1, -0.05) is 87.7 Å². The predicted octanol–water partition coefficient (Wildman–Crippen LogP) is 6.46. The molecule has 0 saturated carbocycles. The van der Waals surface area contributed by atoms with Gasteiger partial charge in [-0.05, 0) is 60.4 Å². The summed E-state index contributed by atoms with van der Waals surface area (Å²) in [5.74, 6) is 0.204. The average Bonchev–Trinajstić information content (AvgIpc) is 2.87. The fraction of sp³-hybridized carbons (Fsp3) is 0.310. The maximum Gasteiger partial charge on any atom is 0.261 e. The molecule has 0 aromatic heterocycles. The summed E-state index contributed by atoms with van der Waals surface area (Å²) < 4.78 is 7.77. The Hall–Kier alpha value is -2.64. The van der Waals surface area contributed by atoms with Crippen molar-refractivity contribution in [2.24, 2.45) is 0 Å². The van der Waals surface area contributed by atoms with E-state index in [1.807, 2.05) is 79.7 Å². The molecule has 0 fully saturated rings. The van der Waals surface area contributed by atoms with Crippen LogP contribution in [0.15, 0.2) is 81.7 Å². The van der Waals surface area contributed by atoms with Gasteiger partial charge in [0.15, 0.2) is 6.61 Å². The Balaban J connectivity index is 1.89. The highest BCUT2D eigenvalue weighted by molar-refractivity contribution is 9.10. The van der Waals surface area contributed by atoms with E-state index >= 15 is 0 Å². The van der Waals surface area contributed by atoms with E-state index in [-0.39, 0.29) is 18.4 Å². The Morgan fingerprint density at radius 1 is 0.972 bits per heavy atom.